The third kappa shape index (κ3) is 5.68. The zero-order chi connectivity index (χ0) is 16.4. The number of nitrogens with one attached hydrogen (secondary N) is 1. The molecule has 0 aromatic heterocycles. The van der Waals surface area contributed by atoms with Gasteiger partial charge in [0, 0.05) is 5.56 Å². The molecule has 1 aromatic rings. The van der Waals surface area contributed by atoms with Gasteiger partial charge in [0.1, 0.15) is 5.75 Å². The number of hydrogen-bond acceptors (Lipinski definition) is 4. The molecule has 0 radical (unpaired) electrons. The van der Waals surface area contributed by atoms with E-state index in [0.717, 1.165) is 19.4 Å². The predicted octanol–water partition coefficient (Wildman–Crippen LogP) is 3.80. The smallest absolute Gasteiger partial charge is 0.179 e. The van der Waals surface area contributed by atoms with Crippen molar-refractivity contribution in [1.82, 2.24) is 5.32 Å². The summed E-state index contributed by atoms with van der Waals surface area (Å²) in [6, 6.07) is 5.15. The van der Waals surface area contributed by atoms with E-state index in [1.165, 1.54) is 19.3 Å². The second-order valence-corrected chi connectivity index (χ2v) is 5.53. The summed E-state index contributed by atoms with van der Waals surface area (Å²) in [5, 5.41) is 3.36. The summed E-state index contributed by atoms with van der Waals surface area (Å²) >= 11 is 0. The van der Waals surface area contributed by atoms with E-state index in [1.807, 2.05) is 13.8 Å². The molecule has 3 N–H and O–H groups in total. The van der Waals surface area contributed by atoms with Crippen LogP contribution < -0.4 is 15.8 Å². The van der Waals surface area contributed by atoms with Gasteiger partial charge in [-0.25, -0.2) is 0 Å². The summed E-state index contributed by atoms with van der Waals surface area (Å²) in [6.07, 6.45) is 5.58. The van der Waals surface area contributed by atoms with Crippen molar-refractivity contribution in [2.75, 3.05) is 18.9 Å². The first-order chi connectivity index (χ1) is 10.6. The molecule has 0 fully saturated rings. The molecule has 4 heteroatoms. The van der Waals surface area contributed by atoms with Gasteiger partial charge in [-0.15, -0.1) is 0 Å². The number of unbranched alkanes of at least 4 members (excludes halogenated alkanes) is 3. The Morgan fingerprint density at radius 1 is 1.23 bits per heavy atom. The number of Topliss-reactive ketones (excluding diaryl/α,β-unsaturated/α-hetero) is 1. The van der Waals surface area contributed by atoms with Gasteiger partial charge >= 0.3 is 0 Å². The zero-order valence-corrected chi connectivity index (χ0v) is 14.2. The average molecular weight is 306 g/mol. The Morgan fingerprint density at radius 3 is 2.59 bits per heavy atom. The van der Waals surface area contributed by atoms with Crippen LogP contribution in [0, 0.1) is 0 Å². The highest BCUT2D eigenvalue weighted by Crippen LogP contribution is 2.23. The Bertz CT molecular complexity index is 460. The molecule has 0 aliphatic heterocycles. The van der Waals surface area contributed by atoms with Gasteiger partial charge in [0.05, 0.1) is 18.3 Å². The maximum absolute atomic E-state index is 12.6. The minimum absolute atomic E-state index is 0.104. The lowest BCUT2D eigenvalue weighted by atomic mass is 10.0. The minimum atomic E-state index is -0.140. The van der Waals surface area contributed by atoms with Crippen molar-refractivity contribution >= 4 is 11.5 Å². The summed E-state index contributed by atoms with van der Waals surface area (Å²) < 4.78 is 5.41. The summed E-state index contributed by atoms with van der Waals surface area (Å²) in [5.41, 5.74) is 7.11. The van der Waals surface area contributed by atoms with E-state index in [-0.39, 0.29) is 11.8 Å². The molecule has 1 atom stereocenters. The van der Waals surface area contributed by atoms with Crippen molar-refractivity contribution in [2.24, 2.45) is 0 Å². The van der Waals surface area contributed by atoms with Crippen LogP contribution in [0.15, 0.2) is 18.2 Å². The molecule has 1 unspecified atom stereocenters. The summed E-state index contributed by atoms with van der Waals surface area (Å²) in [7, 11) is 0. The molecule has 0 saturated heterocycles. The highest BCUT2D eigenvalue weighted by molar-refractivity contribution is 6.01. The molecule has 1 rings (SSSR count). The van der Waals surface area contributed by atoms with Crippen molar-refractivity contribution in [3.8, 4) is 5.75 Å². The molecule has 0 bridgehead atoms. The van der Waals surface area contributed by atoms with Crippen LogP contribution in [0.4, 0.5) is 5.69 Å². The normalized spacial score (nSPS) is 12.1. The molecule has 0 aliphatic carbocycles. The van der Waals surface area contributed by atoms with E-state index in [9.17, 15) is 4.79 Å². The molecule has 22 heavy (non-hydrogen) atoms. The number of ether oxygens (including phenoxy) is 1. The molecule has 0 heterocycles. The number of hydrogen-bond donors (Lipinski definition) is 2. The van der Waals surface area contributed by atoms with Crippen LogP contribution in [0.5, 0.6) is 5.75 Å². The molecule has 0 spiro atoms. The van der Waals surface area contributed by atoms with Gasteiger partial charge < -0.3 is 15.8 Å². The molecule has 1 aromatic carbocycles. The van der Waals surface area contributed by atoms with E-state index in [1.54, 1.807) is 18.2 Å². The Kier molecular flexibility index (Phi) is 8.60. The van der Waals surface area contributed by atoms with E-state index >= 15 is 0 Å². The molecule has 0 aliphatic rings. The van der Waals surface area contributed by atoms with Crippen molar-refractivity contribution in [3.63, 3.8) is 0 Å². The molecular weight excluding hydrogens is 276 g/mol. The highest BCUT2D eigenvalue weighted by atomic mass is 16.5. The lowest BCUT2D eigenvalue weighted by molar-refractivity contribution is 0.0940. The standard InChI is InChI=1S/C18H30N2O2/c1-4-7-8-9-12-20-16(5-2)18(21)14-10-11-17(22-6-3)15(19)13-14/h10-11,13,16,20H,4-9,12,19H2,1-3H3. The lowest BCUT2D eigenvalue weighted by Gasteiger charge is -2.16. The van der Waals surface area contributed by atoms with Gasteiger partial charge in [-0.3, -0.25) is 4.79 Å². The fraction of sp³-hybridized carbons (Fsp3) is 0.611. The van der Waals surface area contributed by atoms with Crippen molar-refractivity contribution in [2.45, 2.75) is 58.9 Å². The first-order valence-corrected chi connectivity index (χ1v) is 8.43. The minimum Gasteiger partial charge on any atom is -0.492 e. The third-order valence-electron chi connectivity index (χ3n) is 3.74. The molecule has 4 nitrogen and oxygen atoms in total. The van der Waals surface area contributed by atoms with E-state index in [2.05, 4.69) is 12.2 Å². The number of nitrogens with two attached hydrogens (primary N) is 1. The quantitative estimate of drug-likeness (QED) is 0.371. The van der Waals surface area contributed by atoms with Crippen LogP contribution in [0.2, 0.25) is 0 Å². The zero-order valence-electron chi connectivity index (χ0n) is 14.2. The predicted molar refractivity (Wildman–Crippen MR) is 92.6 cm³/mol. The SMILES string of the molecule is CCCCCCNC(CC)C(=O)c1ccc(OCC)c(N)c1. The Balaban J connectivity index is 2.61. The monoisotopic (exact) mass is 306 g/mol. The third-order valence-corrected chi connectivity index (χ3v) is 3.74. The Morgan fingerprint density at radius 2 is 2.00 bits per heavy atom. The van der Waals surface area contributed by atoms with Crippen LogP contribution in [0.3, 0.4) is 0 Å². The van der Waals surface area contributed by atoms with Gasteiger partial charge in [0.25, 0.3) is 0 Å². The van der Waals surface area contributed by atoms with Crippen LogP contribution in [-0.2, 0) is 0 Å². The maximum Gasteiger partial charge on any atom is 0.179 e. The van der Waals surface area contributed by atoms with Gasteiger partial charge in [-0.2, -0.15) is 0 Å². The number of benzene rings is 1. The maximum atomic E-state index is 12.6. The Hall–Kier alpha value is -1.55. The van der Waals surface area contributed by atoms with Crippen LogP contribution in [0.1, 0.15) is 63.2 Å². The van der Waals surface area contributed by atoms with Crippen molar-refractivity contribution in [1.29, 1.82) is 0 Å². The summed E-state index contributed by atoms with van der Waals surface area (Å²) in [4.78, 5) is 12.6. The van der Waals surface area contributed by atoms with Gasteiger partial charge in [0.15, 0.2) is 5.78 Å². The van der Waals surface area contributed by atoms with E-state index in [4.69, 9.17) is 10.5 Å². The van der Waals surface area contributed by atoms with Crippen LogP contribution in [0.25, 0.3) is 0 Å². The van der Waals surface area contributed by atoms with Gasteiger partial charge in [-0.1, -0.05) is 33.1 Å². The molecule has 0 amide bonds. The van der Waals surface area contributed by atoms with Crippen molar-refractivity contribution < 1.29 is 9.53 Å². The highest BCUT2D eigenvalue weighted by Gasteiger charge is 2.18. The second kappa shape index (κ2) is 10.2. The number of carbonyl (C=O) groups excluding carboxylic acids is 1. The fourth-order valence-electron chi connectivity index (χ4n) is 2.44. The number of rotatable bonds is 11. The first-order valence-electron chi connectivity index (χ1n) is 8.43. The number of anilines is 1. The summed E-state index contributed by atoms with van der Waals surface area (Å²) in [5.74, 6) is 0.743. The second-order valence-electron chi connectivity index (χ2n) is 5.53. The molecular formula is C18H30N2O2. The molecule has 0 saturated carbocycles. The summed E-state index contributed by atoms with van der Waals surface area (Å²) in [6.45, 7) is 7.58. The lowest BCUT2D eigenvalue weighted by Crippen LogP contribution is -2.36. The Labute approximate surface area is 134 Å². The number of ketones is 1. The largest absolute Gasteiger partial charge is 0.492 e. The van der Waals surface area contributed by atoms with Crippen molar-refractivity contribution in [3.05, 3.63) is 23.8 Å². The van der Waals surface area contributed by atoms with Crippen LogP contribution in [-0.4, -0.2) is 25.0 Å². The van der Waals surface area contributed by atoms with Gasteiger partial charge in [-0.05, 0) is 44.5 Å². The fourth-order valence-corrected chi connectivity index (χ4v) is 2.44. The number of carbonyl (C=O) groups is 1. The first kappa shape index (κ1) is 18.5. The van der Waals surface area contributed by atoms with E-state index < -0.39 is 0 Å². The average Bonchev–Trinajstić information content (AvgIpc) is 2.52. The molecule has 124 valence electrons. The topological polar surface area (TPSA) is 64.3 Å². The number of nitrogen functional groups attached to an aromatic ring is 1. The van der Waals surface area contributed by atoms with Crippen LogP contribution >= 0.6 is 0 Å². The van der Waals surface area contributed by atoms with E-state index in [0.29, 0.717) is 23.6 Å². The van der Waals surface area contributed by atoms with Gasteiger partial charge in [0.2, 0.25) is 0 Å².